The highest BCUT2D eigenvalue weighted by Gasteiger charge is 2.15. The molecule has 0 radical (unpaired) electrons. The van der Waals surface area contributed by atoms with Crippen LogP contribution in [0, 0.1) is 0 Å². The molecule has 0 unspecified atom stereocenters. The summed E-state index contributed by atoms with van der Waals surface area (Å²) in [5.74, 6) is -0.417. The number of nitrogens with one attached hydrogen (secondary N) is 1. The van der Waals surface area contributed by atoms with Gasteiger partial charge in [-0.3, -0.25) is 14.4 Å². The van der Waals surface area contributed by atoms with Crippen LogP contribution in [0.5, 0.6) is 11.5 Å². The van der Waals surface area contributed by atoms with Crippen molar-refractivity contribution in [1.29, 1.82) is 0 Å². The molecular weight excluding hydrogens is 346 g/mol. The number of unbranched alkanes of at least 4 members (excludes halogenated alkanes) is 4. The minimum atomic E-state index is -0.358. The van der Waals surface area contributed by atoms with Crippen LogP contribution in [-0.2, 0) is 20.9 Å². The summed E-state index contributed by atoms with van der Waals surface area (Å²) in [6, 6.07) is 4.96. The predicted molar refractivity (Wildman–Crippen MR) is 104 cm³/mol. The zero-order valence-corrected chi connectivity index (χ0v) is 16.6. The molecule has 27 heavy (non-hydrogen) atoms. The third kappa shape index (κ3) is 9.78. The molecule has 0 fully saturated rings. The third-order valence-corrected chi connectivity index (χ3v) is 3.97. The molecule has 1 N–H and O–H groups in total. The van der Waals surface area contributed by atoms with Crippen LogP contribution in [0.3, 0.4) is 0 Å². The van der Waals surface area contributed by atoms with Crippen molar-refractivity contribution in [2.45, 2.75) is 78.7 Å². The molecule has 0 heterocycles. The molecule has 1 aromatic rings. The van der Waals surface area contributed by atoms with Gasteiger partial charge in [-0.1, -0.05) is 45.6 Å². The summed E-state index contributed by atoms with van der Waals surface area (Å²) in [4.78, 5) is 35.2. The molecular formula is C21H31NO5. The van der Waals surface area contributed by atoms with Crippen molar-refractivity contribution in [2.24, 2.45) is 0 Å². The summed E-state index contributed by atoms with van der Waals surface area (Å²) in [7, 11) is 0. The largest absolute Gasteiger partial charge is 0.423 e. The number of hydrogen-bond donors (Lipinski definition) is 1. The van der Waals surface area contributed by atoms with E-state index in [1.54, 1.807) is 18.2 Å². The first-order valence-electron chi connectivity index (χ1n) is 9.75. The maximum absolute atomic E-state index is 12.1. The van der Waals surface area contributed by atoms with Gasteiger partial charge in [0.2, 0.25) is 5.91 Å². The van der Waals surface area contributed by atoms with Crippen molar-refractivity contribution >= 4 is 17.8 Å². The topological polar surface area (TPSA) is 81.7 Å². The number of ether oxygens (including phenoxy) is 2. The highest BCUT2D eigenvalue weighted by molar-refractivity contribution is 5.76. The van der Waals surface area contributed by atoms with Crippen LogP contribution in [-0.4, -0.2) is 17.8 Å². The summed E-state index contributed by atoms with van der Waals surface area (Å²) < 4.78 is 10.8. The van der Waals surface area contributed by atoms with Crippen LogP contribution in [0.2, 0.25) is 0 Å². The van der Waals surface area contributed by atoms with Gasteiger partial charge in [-0.05, 0) is 30.5 Å². The lowest BCUT2D eigenvalue weighted by atomic mass is 10.2. The van der Waals surface area contributed by atoms with Gasteiger partial charge in [-0.2, -0.15) is 0 Å². The summed E-state index contributed by atoms with van der Waals surface area (Å²) >= 11 is 0. The fraction of sp³-hybridized carbons (Fsp3) is 0.571. The van der Waals surface area contributed by atoms with Gasteiger partial charge in [0.25, 0.3) is 0 Å². The average Bonchev–Trinajstić information content (AvgIpc) is 2.62. The van der Waals surface area contributed by atoms with Gasteiger partial charge in [-0.25, -0.2) is 0 Å². The van der Waals surface area contributed by atoms with E-state index in [0.29, 0.717) is 19.4 Å². The molecule has 0 atom stereocenters. The van der Waals surface area contributed by atoms with Gasteiger partial charge in [-0.15, -0.1) is 0 Å². The van der Waals surface area contributed by atoms with Crippen molar-refractivity contribution in [3.05, 3.63) is 23.8 Å². The van der Waals surface area contributed by atoms with E-state index in [1.165, 1.54) is 6.92 Å². The smallest absolute Gasteiger partial charge is 0.311 e. The number of hydrogen-bond acceptors (Lipinski definition) is 5. The Morgan fingerprint density at radius 1 is 0.852 bits per heavy atom. The van der Waals surface area contributed by atoms with Crippen LogP contribution in [0.25, 0.3) is 0 Å². The average molecular weight is 377 g/mol. The van der Waals surface area contributed by atoms with Crippen LogP contribution in [0.4, 0.5) is 0 Å². The summed E-state index contributed by atoms with van der Waals surface area (Å²) in [6.07, 6.45) is 6.11. The molecule has 0 bridgehead atoms. The molecule has 0 aliphatic rings. The molecule has 1 rings (SSSR count). The van der Waals surface area contributed by atoms with Gasteiger partial charge in [0.1, 0.15) is 0 Å². The van der Waals surface area contributed by atoms with Gasteiger partial charge < -0.3 is 14.8 Å². The first-order chi connectivity index (χ1) is 13.0. The minimum Gasteiger partial charge on any atom is -0.423 e. The zero-order chi connectivity index (χ0) is 20.1. The summed E-state index contributed by atoms with van der Waals surface area (Å²) in [5.41, 5.74) is 0.757. The van der Waals surface area contributed by atoms with E-state index >= 15 is 0 Å². The Labute approximate surface area is 161 Å². The monoisotopic (exact) mass is 377 g/mol. The van der Waals surface area contributed by atoms with Crippen molar-refractivity contribution in [1.82, 2.24) is 5.32 Å². The molecule has 1 amide bonds. The molecule has 6 heteroatoms. The third-order valence-electron chi connectivity index (χ3n) is 3.97. The number of benzene rings is 1. The predicted octanol–water partition coefficient (Wildman–Crippen LogP) is 4.29. The van der Waals surface area contributed by atoms with E-state index in [4.69, 9.17) is 9.47 Å². The Morgan fingerprint density at radius 2 is 1.41 bits per heavy atom. The SMILES string of the molecule is CCCCCC(=O)Oc1ccc(CNC(C)=O)cc1OC(=O)CCCCC. The highest BCUT2D eigenvalue weighted by atomic mass is 16.6. The summed E-state index contributed by atoms with van der Waals surface area (Å²) in [5, 5.41) is 2.69. The maximum atomic E-state index is 12.1. The van der Waals surface area contributed by atoms with Gasteiger partial charge in [0.15, 0.2) is 11.5 Å². The van der Waals surface area contributed by atoms with E-state index < -0.39 is 0 Å². The molecule has 0 saturated heterocycles. The zero-order valence-electron chi connectivity index (χ0n) is 16.6. The Morgan fingerprint density at radius 3 is 1.93 bits per heavy atom. The number of carbonyl (C=O) groups is 3. The number of amides is 1. The van der Waals surface area contributed by atoms with E-state index in [9.17, 15) is 14.4 Å². The first kappa shape index (κ1) is 22.7. The molecule has 0 aliphatic heterocycles. The van der Waals surface area contributed by atoms with Crippen LogP contribution in [0.15, 0.2) is 18.2 Å². The summed E-state index contributed by atoms with van der Waals surface area (Å²) in [6.45, 7) is 5.86. The second kappa shape index (κ2) is 12.9. The molecule has 6 nitrogen and oxygen atoms in total. The van der Waals surface area contributed by atoms with E-state index in [-0.39, 0.29) is 29.3 Å². The first-order valence-corrected chi connectivity index (χ1v) is 9.75. The molecule has 0 spiro atoms. The van der Waals surface area contributed by atoms with Gasteiger partial charge in [0, 0.05) is 26.3 Å². The Balaban J connectivity index is 2.83. The number of rotatable bonds is 12. The number of esters is 2. The van der Waals surface area contributed by atoms with E-state index in [2.05, 4.69) is 19.2 Å². The van der Waals surface area contributed by atoms with Crippen molar-refractivity contribution in [3.63, 3.8) is 0 Å². The van der Waals surface area contributed by atoms with Crippen molar-refractivity contribution in [3.8, 4) is 11.5 Å². The maximum Gasteiger partial charge on any atom is 0.311 e. The van der Waals surface area contributed by atoms with Crippen LogP contribution >= 0.6 is 0 Å². The fourth-order valence-corrected chi connectivity index (χ4v) is 2.44. The lowest BCUT2D eigenvalue weighted by Gasteiger charge is -2.13. The standard InChI is InChI=1S/C21H31NO5/c1-4-6-8-10-20(24)26-18-13-12-17(15-22-16(3)23)14-19(18)27-21(25)11-9-7-5-2/h12-14H,4-11,15H2,1-3H3,(H,22,23). The highest BCUT2D eigenvalue weighted by Crippen LogP contribution is 2.29. The molecule has 0 aliphatic carbocycles. The second-order valence-electron chi connectivity index (χ2n) is 6.55. The Bertz CT molecular complexity index is 627. The van der Waals surface area contributed by atoms with Gasteiger partial charge >= 0.3 is 11.9 Å². The molecule has 0 saturated carbocycles. The quantitative estimate of drug-likeness (QED) is 0.334. The van der Waals surface area contributed by atoms with E-state index in [1.807, 2.05) is 0 Å². The van der Waals surface area contributed by atoms with Crippen molar-refractivity contribution < 1.29 is 23.9 Å². The second-order valence-corrected chi connectivity index (χ2v) is 6.55. The van der Waals surface area contributed by atoms with E-state index in [0.717, 1.165) is 44.1 Å². The lowest BCUT2D eigenvalue weighted by Crippen LogP contribution is -2.19. The Kier molecular flexibility index (Phi) is 10.8. The normalized spacial score (nSPS) is 10.3. The van der Waals surface area contributed by atoms with Crippen LogP contribution in [0.1, 0.15) is 77.7 Å². The van der Waals surface area contributed by atoms with Crippen molar-refractivity contribution in [2.75, 3.05) is 0 Å². The van der Waals surface area contributed by atoms with Crippen LogP contribution < -0.4 is 14.8 Å². The Hall–Kier alpha value is -2.37. The molecule has 0 aromatic heterocycles. The minimum absolute atomic E-state index is 0.153. The number of carbonyl (C=O) groups excluding carboxylic acids is 3. The fourth-order valence-electron chi connectivity index (χ4n) is 2.44. The molecule has 150 valence electrons. The molecule has 1 aromatic carbocycles. The lowest BCUT2D eigenvalue weighted by molar-refractivity contribution is -0.137. The van der Waals surface area contributed by atoms with Gasteiger partial charge in [0.05, 0.1) is 0 Å².